The highest BCUT2D eigenvalue weighted by Gasteiger charge is 1.98. The molecule has 0 aliphatic carbocycles. The topological polar surface area (TPSA) is 130 Å². The Bertz CT molecular complexity index is 614. The summed E-state index contributed by atoms with van der Waals surface area (Å²) in [4.78, 5) is 10.3. The molecule has 0 saturated carbocycles. The van der Waals surface area contributed by atoms with Gasteiger partial charge >= 0.3 is 5.97 Å². The molecule has 1 N–H and O–H groups in total. The number of carbonyl (C=O) groups is 1. The van der Waals surface area contributed by atoms with E-state index in [0.29, 0.717) is 119 Å². The van der Waals surface area contributed by atoms with Gasteiger partial charge in [-0.05, 0) is 6.42 Å². The molecular formula is C37H74O12. The summed E-state index contributed by atoms with van der Waals surface area (Å²) in [6.45, 7) is 12.5. The SMILES string of the molecule is CCCCCCCCCCCCCCCCOCCOCCOCCOCCOCCOCCOCCOCCOCCOCCC(=O)O. The second-order valence-electron chi connectivity index (χ2n) is 11.9. The molecule has 0 aromatic carbocycles. The van der Waals surface area contributed by atoms with Gasteiger partial charge in [-0.1, -0.05) is 90.4 Å². The lowest BCUT2D eigenvalue weighted by molar-refractivity contribution is -0.138. The van der Waals surface area contributed by atoms with Gasteiger partial charge in [0.15, 0.2) is 0 Å². The Hall–Kier alpha value is -0.930. The Balaban J connectivity index is 3.05. The van der Waals surface area contributed by atoms with E-state index in [4.69, 9.17) is 52.5 Å². The molecule has 0 aromatic rings. The molecule has 0 radical (unpaired) electrons. The van der Waals surface area contributed by atoms with E-state index in [2.05, 4.69) is 6.92 Å². The molecule has 294 valence electrons. The summed E-state index contributed by atoms with van der Waals surface area (Å²) < 4.78 is 54.5. The molecule has 0 rings (SSSR count). The molecule has 0 heterocycles. The highest BCUT2D eigenvalue weighted by Crippen LogP contribution is 2.13. The fourth-order valence-electron chi connectivity index (χ4n) is 4.64. The van der Waals surface area contributed by atoms with E-state index in [9.17, 15) is 4.79 Å². The van der Waals surface area contributed by atoms with Crippen LogP contribution in [0.5, 0.6) is 0 Å². The summed E-state index contributed by atoms with van der Waals surface area (Å²) in [5.41, 5.74) is 0. The van der Waals surface area contributed by atoms with E-state index in [1.165, 1.54) is 83.5 Å². The fraction of sp³-hybridized carbons (Fsp3) is 0.973. The number of unbranched alkanes of at least 4 members (excludes halogenated alkanes) is 13. The number of carboxylic acid groups (broad SMARTS) is 1. The van der Waals surface area contributed by atoms with Crippen LogP contribution in [0.4, 0.5) is 0 Å². The van der Waals surface area contributed by atoms with E-state index < -0.39 is 5.97 Å². The third-order valence-electron chi connectivity index (χ3n) is 7.45. The summed E-state index contributed by atoms with van der Waals surface area (Å²) in [6.07, 6.45) is 19.2. The zero-order chi connectivity index (χ0) is 35.4. The molecule has 49 heavy (non-hydrogen) atoms. The van der Waals surface area contributed by atoms with Crippen LogP contribution in [0.25, 0.3) is 0 Å². The Morgan fingerprint density at radius 3 is 0.755 bits per heavy atom. The molecule has 0 unspecified atom stereocenters. The third-order valence-corrected chi connectivity index (χ3v) is 7.45. The van der Waals surface area contributed by atoms with Crippen LogP contribution in [0.3, 0.4) is 0 Å². The highest BCUT2D eigenvalue weighted by atomic mass is 16.6. The molecule has 12 heteroatoms. The lowest BCUT2D eigenvalue weighted by Crippen LogP contribution is -2.15. The molecule has 0 amide bonds. The maximum atomic E-state index is 10.3. The molecule has 0 saturated heterocycles. The van der Waals surface area contributed by atoms with E-state index in [1.807, 2.05) is 0 Å². The van der Waals surface area contributed by atoms with Gasteiger partial charge in [0.2, 0.25) is 0 Å². The maximum Gasteiger partial charge on any atom is 0.305 e. The predicted octanol–water partition coefficient (Wildman–Crippen LogP) is 6.11. The normalized spacial score (nSPS) is 11.5. The number of hydrogen-bond donors (Lipinski definition) is 1. The van der Waals surface area contributed by atoms with Crippen molar-refractivity contribution in [3.8, 4) is 0 Å². The van der Waals surface area contributed by atoms with Gasteiger partial charge in [0.1, 0.15) is 0 Å². The second-order valence-corrected chi connectivity index (χ2v) is 11.9. The number of hydrogen-bond acceptors (Lipinski definition) is 11. The van der Waals surface area contributed by atoms with E-state index in [0.717, 1.165) is 13.0 Å². The van der Waals surface area contributed by atoms with Crippen LogP contribution < -0.4 is 0 Å². The summed E-state index contributed by atoms with van der Waals surface area (Å²) in [5, 5.41) is 8.50. The molecular weight excluding hydrogens is 636 g/mol. The molecule has 0 aromatic heterocycles. The summed E-state index contributed by atoms with van der Waals surface area (Å²) in [5.74, 6) is -0.869. The van der Waals surface area contributed by atoms with Crippen LogP contribution in [0.1, 0.15) is 103 Å². The standard InChI is InChI=1S/C37H74O12/c1-2-3-4-5-6-7-8-9-10-11-12-13-14-15-17-40-19-21-42-23-25-44-27-29-46-31-33-48-35-36-49-34-32-47-30-28-45-26-24-43-22-20-41-18-16-37(38)39/h2-36H2,1H3,(H,38,39). The number of aliphatic carboxylic acids is 1. The monoisotopic (exact) mass is 711 g/mol. The van der Waals surface area contributed by atoms with Crippen LogP contribution in [0.2, 0.25) is 0 Å². The lowest BCUT2D eigenvalue weighted by Gasteiger charge is -2.09. The van der Waals surface area contributed by atoms with Crippen molar-refractivity contribution in [3.05, 3.63) is 0 Å². The number of rotatable bonds is 45. The Morgan fingerprint density at radius 1 is 0.306 bits per heavy atom. The number of carboxylic acids is 1. The average Bonchev–Trinajstić information content (AvgIpc) is 3.10. The summed E-state index contributed by atoms with van der Waals surface area (Å²) in [6, 6.07) is 0. The second kappa shape index (κ2) is 45.1. The third kappa shape index (κ3) is 47.1. The Labute approximate surface area is 298 Å². The van der Waals surface area contributed by atoms with Gasteiger partial charge in [0.05, 0.1) is 132 Å². The summed E-state index contributed by atoms with van der Waals surface area (Å²) >= 11 is 0. The minimum absolute atomic E-state index is 0.00259. The molecule has 12 nitrogen and oxygen atoms in total. The molecule has 0 spiro atoms. The van der Waals surface area contributed by atoms with Gasteiger partial charge in [-0.15, -0.1) is 0 Å². The summed E-state index contributed by atoms with van der Waals surface area (Å²) in [7, 11) is 0. The lowest BCUT2D eigenvalue weighted by atomic mass is 10.0. The highest BCUT2D eigenvalue weighted by molar-refractivity contribution is 5.66. The van der Waals surface area contributed by atoms with Crippen LogP contribution in [0, 0.1) is 0 Å². The average molecular weight is 711 g/mol. The quantitative estimate of drug-likeness (QED) is 0.0733. The van der Waals surface area contributed by atoms with Gasteiger partial charge in [-0.2, -0.15) is 0 Å². The van der Waals surface area contributed by atoms with Crippen molar-refractivity contribution >= 4 is 5.97 Å². The molecule has 0 atom stereocenters. The molecule has 0 bridgehead atoms. The van der Waals surface area contributed by atoms with E-state index in [1.54, 1.807) is 0 Å². The maximum absolute atomic E-state index is 10.3. The Kier molecular flexibility index (Phi) is 44.2. The molecule has 0 fully saturated rings. The smallest absolute Gasteiger partial charge is 0.305 e. The van der Waals surface area contributed by atoms with Gasteiger partial charge < -0.3 is 52.5 Å². The molecule has 0 aliphatic heterocycles. The van der Waals surface area contributed by atoms with Crippen LogP contribution >= 0.6 is 0 Å². The van der Waals surface area contributed by atoms with Gasteiger partial charge in [0.25, 0.3) is 0 Å². The first-order chi connectivity index (χ1) is 24.3. The van der Waals surface area contributed by atoms with Gasteiger partial charge in [-0.25, -0.2) is 0 Å². The van der Waals surface area contributed by atoms with E-state index >= 15 is 0 Å². The van der Waals surface area contributed by atoms with Gasteiger partial charge in [-0.3, -0.25) is 4.79 Å². The van der Waals surface area contributed by atoms with Crippen molar-refractivity contribution in [1.82, 2.24) is 0 Å². The van der Waals surface area contributed by atoms with Crippen LogP contribution in [-0.2, 0) is 52.2 Å². The van der Waals surface area contributed by atoms with Crippen molar-refractivity contribution < 1.29 is 57.3 Å². The van der Waals surface area contributed by atoms with Crippen molar-refractivity contribution in [2.75, 3.05) is 132 Å². The van der Waals surface area contributed by atoms with Crippen LogP contribution in [0.15, 0.2) is 0 Å². The van der Waals surface area contributed by atoms with Crippen molar-refractivity contribution in [2.45, 2.75) is 103 Å². The zero-order valence-electron chi connectivity index (χ0n) is 31.2. The Morgan fingerprint density at radius 2 is 0.510 bits per heavy atom. The minimum Gasteiger partial charge on any atom is -0.481 e. The van der Waals surface area contributed by atoms with Crippen molar-refractivity contribution in [1.29, 1.82) is 0 Å². The van der Waals surface area contributed by atoms with Gasteiger partial charge in [0, 0.05) is 6.61 Å². The van der Waals surface area contributed by atoms with Crippen LogP contribution in [-0.4, -0.2) is 143 Å². The number of ether oxygens (including phenoxy) is 10. The minimum atomic E-state index is -0.869. The predicted molar refractivity (Wildman–Crippen MR) is 191 cm³/mol. The fourth-order valence-corrected chi connectivity index (χ4v) is 4.64. The van der Waals surface area contributed by atoms with Crippen molar-refractivity contribution in [2.24, 2.45) is 0 Å². The molecule has 0 aliphatic rings. The van der Waals surface area contributed by atoms with E-state index in [-0.39, 0.29) is 13.0 Å². The zero-order valence-corrected chi connectivity index (χ0v) is 31.2. The first-order valence-electron chi connectivity index (χ1n) is 19.3. The first-order valence-corrected chi connectivity index (χ1v) is 19.3. The largest absolute Gasteiger partial charge is 0.481 e. The first kappa shape index (κ1) is 48.1. The van der Waals surface area contributed by atoms with Crippen molar-refractivity contribution in [3.63, 3.8) is 0 Å².